The molecule has 0 spiro atoms. The van der Waals surface area contributed by atoms with E-state index in [1.165, 1.54) is 0 Å². The SMILES string of the molecule is CCc1nccn1CCN1CCN(C(=O)NCc2ccc(OC)cc2)CC1. The van der Waals surface area contributed by atoms with Crippen molar-refractivity contribution in [2.45, 2.75) is 26.4 Å². The van der Waals surface area contributed by atoms with Gasteiger partial charge in [0.1, 0.15) is 11.6 Å². The second kappa shape index (κ2) is 9.41. The van der Waals surface area contributed by atoms with Crippen molar-refractivity contribution in [3.05, 3.63) is 48.0 Å². The minimum absolute atomic E-state index is 0.00773. The number of nitrogens with zero attached hydrogens (tertiary/aromatic N) is 4. The Kier molecular flexibility index (Phi) is 6.70. The predicted molar refractivity (Wildman–Crippen MR) is 105 cm³/mol. The van der Waals surface area contributed by atoms with Crippen LogP contribution in [-0.2, 0) is 19.5 Å². The molecule has 0 radical (unpaired) electrons. The van der Waals surface area contributed by atoms with E-state index in [1.54, 1.807) is 7.11 Å². The molecular weight excluding hydrogens is 342 g/mol. The number of aromatic nitrogens is 2. The number of benzene rings is 1. The third-order valence-corrected chi connectivity index (χ3v) is 5.04. The Hall–Kier alpha value is -2.54. The van der Waals surface area contributed by atoms with Crippen LogP contribution in [0.1, 0.15) is 18.3 Å². The minimum Gasteiger partial charge on any atom is -0.497 e. The molecule has 1 fully saturated rings. The van der Waals surface area contributed by atoms with Crippen LogP contribution in [-0.4, -0.2) is 65.2 Å². The first-order chi connectivity index (χ1) is 13.2. The van der Waals surface area contributed by atoms with Gasteiger partial charge in [-0.25, -0.2) is 9.78 Å². The molecule has 0 bridgehead atoms. The molecule has 1 N–H and O–H groups in total. The standard InChI is InChI=1S/C20H29N5O2/c1-3-19-21-8-9-24(19)13-10-23-11-14-25(15-12-23)20(26)22-16-17-4-6-18(27-2)7-5-17/h4-9H,3,10-16H2,1-2H3,(H,22,26). The van der Waals surface area contributed by atoms with Crippen molar-refractivity contribution < 1.29 is 9.53 Å². The number of ether oxygens (including phenoxy) is 1. The van der Waals surface area contributed by atoms with Gasteiger partial charge in [0.05, 0.1) is 7.11 Å². The molecule has 0 unspecified atom stereocenters. The van der Waals surface area contributed by atoms with E-state index in [0.29, 0.717) is 6.54 Å². The molecule has 146 valence electrons. The molecular formula is C20H29N5O2. The third-order valence-electron chi connectivity index (χ3n) is 5.04. The number of aryl methyl sites for hydroxylation is 1. The number of urea groups is 1. The van der Waals surface area contributed by atoms with Crippen molar-refractivity contribution in [3.63, 3.8) is 0 Å². The first-order valence-corrected chi connectivity index (χ1v) is 9.57. The molecule has 1 aliphatic rings. The van der Waals surface area contributed by atoms with Crippen LogP contribution in [0.15, 0.2) is 36.7 Å². The lowest BCUT2D eigenvalue weighted by atomic mass is 10.2. The summed E-state index contributed by atoms with van der Waals surface area (Å²) in [6, 6.07) is 7.76. The maximum absolute atomic E-state index is 12.4. The zero-order valence-corrected chi connectivity index (χ0v) is 16.2. The van der Waals surface area contributed by atoms with Crippen molar-refractivity contribution in [2.75, 3.05) is 39.8 Å². The largest absolute Gasteiger partial charge is 0.497 e. The normalized spacial score (nSPS) is 15.0. The van der Waals surface area contributed by atoms with Gasteiger partial charge >= 0.3 is 6.03 Å². The minimum atomic E-state index is 0.00773. The molecule has 0 aliphatic carbocycles. The highest BCUT2D eigenvalue weighted by Crippen LogP contribution is 2.11. The monoisotopic (exact) mass is 371 g/mol. The Bertz CT molecular complexity index is 720. The number of methoxy groups -OCH3 is 1. The van der Waals surface area contributed by atoms with Gasteiger partial charge in [-0.05, 0) is 17.7 Å². The summed E-state index contributed by atoms with van der Waals surface area (Å²) >= 11 is 0. The average molecular weight is 371 g/mol. The van der Waals surface area contributed by atoms with E-state index in [9.17, 15) is 4.79 Å². The van der Waals surface area contributed by atoms with Gasteiger partial charge in [0.25, 0.3) is 0 Å². The fourth-order valence-corrected chi connectivity index (χ4v) is 3.31. The van der Waals surface area contributed by atoms with Crippen LogP contribution >= 0.6 is 0 Å². The molecule has 0 saturated carbocycles. The van der Waals surface area contributed by atoms with Gasteiger partial charge in [0.15, 0.2) is 0 Å². The van der Waals surface area contributed by atoms with Gasteiger partial charge in [-0.15, -0.1) is 0 Å². The van der Waals surface area contributed by atoms with Crippen LogP contribution in [0.3, 0.4) is 0 Å². The Morgan fingerprint density at radius 2 is 1.89 bits per heavy atom. The lowest BCUT2D eigenvalue weighted by molar-refractivity contribution is 0.136. The molecule has 3 rings (SSSR count). The van der Waals surface area contributed by atoms with Crippen LogP contribution in [0, 0.1) is 0 Å². The molecule has 27 heavy (non-hydrogen) atoms. The number of amides is 2. The number of imidazole rings is 1. The van der Waals surface area contributed by atoms with Crippen LogP contribution in [0.4, 0.5) is 4.79 Å². The van der Waals surface area contributed by atoms with Crippen molar-refractivity contribution in [3.8, 4) is 5.75 Å². The van der Waals surface area contributed by atoms with E-state index in [1.807, 2.05) is 41.6 Å². The molecule has 2 heterocycles. The van der Waals surface area contributed by atoms with Crippen molar-refractivity contribution in [1.82, 2.24) is 24.7 Å². The number of hydrogen-bond acceptors (Lipinski definition) is 4. The summed E-state index contributed by atoms with van der Waals surface area (Å²) in [5.41, 5.74) is 1.06. The highest BCUT2D eigenvalue weighted by molar-refractivity contribution is 5.74. The lowest BCUT2D eigenvalue weighted by Gasteiger charge is -2.34. The molecule has 1 aromatic carbocycles. The van der Waals surface area contributed by atoms with E-state index in [4.69, 9.17) is 4.74 Å². The number of piperazine rings is 1. The maximum atomic E-state index is 12.4. The number of nitrogens with one attached hydrogen (secondary N) is 1. The number of hydrogen-bond donors (Lipinski definition) is 1. The third kappa shape index (κ3) is 5.23. The fraction of sp³-hybridized carbons (Fsp3) is 0.500. The predicted octanol–water partition coefficient (Wildman–Crippen LogP) is 1.98. The van der Waals surface area contributed by atoms with Gasteiger partial charge in [-0.2, -0.15) is 0 Å². The van der Waals surface area contributed by atoms with Crippen molar-refractivity contribution >= 4 is 6.03 Å². The molecule has 7 heteroatoms. The summed E-state index contributed by atoms with van der Waals surface area (Å²) < 4.78 is 7.37. The van der Waals surface area contributed by atoms with Gasteiger partial charge < -0.3 is 19.5 Å². The number of rotatable bonds is 7. The summed E-state index contributed by atoms with van der Waals surface area (Å²) in [6.45, 7) is 7.94. The first kappa shape index (κ1) is 19.2. The topological polar surface area (TPSA) is 62.6 Å². The second-order valence-electron chi connectivity index (χ2n) is 6.73. The van der Waals surface area contributed by atoms with Crippen LogP contribution in [0.25, 0.3) is 0 Å². The van der Waals surface area contributed by atoms with E-state index >= 15 is 0 Å². The zero-order chi connectivity index (χ0) is 19.1. The Balaban J connectivity index is 1.38. The lowest BCUT2D eigenvalue weighted by Crippen LogP contribution is -2.52. The molecule has 1 saturated heterocycles. The summed E-state index contributed by atoms with van der Waals surface area (Å²) in [4.78, 5) is 21.1. The van der Waals surface area contributed by atoms with Gasteiger partial charge in [0, 0.05) is 64.6 Å². The van der Waals surface area contributed by atoms with Crippen LogP contribution in [0.5, 0.6) is 5.75 Å². The summed E-state index contributed by atoms with van der Waals surface area (Å²) in [5, 5.41) is 3.01. The van der Waals surface area contributed by atoms with Gasteiger partial charge in [-0.3, -0.25) is 4.90 Å². The zero-order valence-electron chi connectivity index (χ0n) is 16.2. The maximum Gasteiger partial charge on any atom is 0.317 e. The van der Waals surface area contributed by atoms with Crippen LogP contribution < -0.4 is 10.1 Å². The first-order valence-electron chi connectivity index (χ1n) is 9.57. The molecule has 1 aliphatic heterocycles. The second-order valence-corrected chi connectivity index (χ2v) is 6.73. The fourth-order valence-electron chi connectivity index (χ4n) is 3.31. The summed E-state index contributed by atoms with van der Waals surface area (Å²) in [5.74, 6) is 1.95. The summed E-state index contributed by atoms with van der Waals surface area (Å²) in [7, 11) is 1.65. The molecule has 2 amide bonds. The molecule has 2 aromatic rings. The smallest absolute Gasteiger partial charge is 0.317 e. The summed E-state index contributed by atoms with van der Waals surface area (Å²) in [6.07, 6.45) is 4.86. The quantitative estimate of drug-likeness (QED) is 0.808. The Morgan fingerprint density at radius 1 is 1.15 bits per heavy atom. The van der Waals surface area contributed by atoms with Gasteiger partial charge in [0.2, 0.25) is 0 Å². The average Bonchev–Trinajstić information content (AvgIpc) is 3.19. The molecule has 7 nitrogen and oxygen atoms in total. The van der Waals surface area contributed by atoms with Crippen molar-refractivity contribution in [1.29, 1.82) is 0 Å². The van der Waals surface area contributed by atoms with E-state index in [2.05, 4.69) is 26.7 Å². The number of carbonyl (C=O) groups is 1. The number of carbonyl (C=O) groups excluding carboxylic acids is 1. The highest BCUT2D eigenvalue weighted by atomic mass is 16.5. The Morgan fingerprint density at radius 3 is 2.56 bits per heavy atom. The van der Waals surface area contributed by atoms with E-state index < -0.39 is 0 Å². The molecule has 1 aromatic heterocycles. The van der Waals surface area contributed by atoms with Crippen molar-refractivity contribution in [2.24, 2.45) is 0 Å². The molecule has 0 atom stereocenters. The van der Waals surface area contributed by atoms with E-state index in [0.717, 1.165) is 62.8 Å². The Labute approximate surface area is 160 Å². The van der Waals surface area contributed by atoms with E-state index in [-0.39, 0.29) is 6.03 Å². The highest BCUT2D eigenvalue weighted by Gasteiger charge is 2.20. The van der Waals surface area contributed by atoms with Gasteiger partial charge in [-0.1, -0.05) is 19.1 Å². The van der Waals surface area contributed by atoms with Crippen LogP contribution in [0.2, 0.25) is 0 Å².